The van der Waals surface area contributed by atoms with Gasteiger partial charge in [0.15, 0.2) is 0 Å². The third kappa shape index (κ3) is 5.18. The van der Waals surface area contributed by atoms with Crippen LogP contribution >= 0.6 is 28.6 Å². The lowest BCUT2D eigenvalue weighted by Crippen LogP contribution is -2.17. The van der Waals surface area contributed by atoms with E-state index in [1.54, 1.807) is 0 Å². The van der Waals surface area contributed by atoms with Gasteiger partial charge in [-0.2, -0.15) is 12.6 Å². The van der Waals surface area contributed by atoms with Crippen molar-refractivity contribution >= 4 is 40.2 Å². The summed E-state index contributed by atoms with van der Waals surface area (Å²) in [5.41, 5.74) is 0.378. The van der Waals surface area contributed by atoms with Crippen molar-refractivity contribution in [1.29, 1.82) is 0 Å². The van der Waals surface area contributed by atoms with Crippen LogP contribution in [0.5, 0.6) is 5.75 Å². The normalized spacial score (nSPS) is 11.2. The van der Waals surface area contributed by atoms with Crippen LogP contribution in [0.2, 0.25) is 0 Å². The predicted octanol–water partition coefficient (Wildman–Crippen LogP) is 3.61. The van der Waals surface area contributed by atoms with Crippen LogP contribution in [0.3, 0.4) is 0 Å². The van der Waals surface area contributed by atoms with E-state index >= 15 is 0 Å². The topological polar surface area (TPSA) is 38.3 Å². The maximum Gasteiger partial charge on any atom is 0.573 e. The van der Waals surface area contributed by atoms with Crippen molar-refractivity contribution < 1.29 is 22.7 Å². The molecule has 18 heavy (non-hydrogen) atoms. The highest BCUT2D eigenvalue weighted by Crippen LogP contribution is 2.32. The van der Waals surface area contributed by atoms with Crippen LogP contribution in [-0.4, -0.2) is 18.0 Å². The summed E-state index contributed by atoms with van der Waals surface area (Å²) in [7, 11) is 0. The Kier molecular flexibility index (Phi) is 5.33. The van der Waals surface area contributed by atoms with Gasteiger partial charge in [-0.3, -0.25) is 4.79 Å². The predicted molar refractivity (Wildman–Crippen MR) is 67.9 cm³/mol. The molecule has 1 amide bonds. The number of halogens is 4. The van der Waals surface area contributed by atoms with Crippen molar-refractivity contribution in [3.05, 3.63) is 22.7 Å². The SMILES string of the molecule is O=C(CCS)Nc1ccc(OC(F)(F)F)c(Br)c1. The van der Waals surface area contributed by atoms with Gasteiger partial charge < -0.3 is 10.1 Å². The average molecular weight is 344 g/mol. The van der Waals surface area contributed by atoms with Crippen molar-refractivity contribution in [1.82, 2.24) is 0 Å². The molecule has 0 aliphatic heterocycles. The van der Waals surface area contributed by atoms with Crippen LogP contribution in [-0.2, 0) is 4.79 Å². The number of carbonyl (C=O) groups is 1. The molecule has 0 bridgehead atoms. The van der Waals surface area contributed by atoms with Gasteiger partial charge in [0.25, 0.3) is 0 Å². The maximum atomic E-state index is 12.0. The first-order valence-electron chi connectivity index (χ1n) is 4.78. The first-order chi connectivity index (χ1) is 8.31. The highest BCUT2D eigenvalue weighted by molar-refractivity contribution is 9.10. The number of carbonyl (C=O) groups excluding carboxylic acids is 1. The Hall–Kier alpha value is -0.890. The monoisotopic (exact) mass is 343 g/mol. The number of alkyl halides is 3. The van der Waals surface area contributed by atoms with Gasteiger partial charge in [0, 0.05) is 12.1 Å². The molecule has 0 aliphatic carbocycles. The second kappa shape index (κ2) is 6.33. The third-order valence-electron chi connectivity index (χ3n) is 1.78. The Morgan fingerprint density at radius 3 is 2.61 bits per heavy atom. The summed E-state index contributed by atoms with van der Waals surface area (Å²) in [6.07, 6.45) is -4.53. The van der Waals surface area contributed by atoms with Crippen LogP contribution in [0.4, 0.5) is 18.9 Å². The van der Waals surface area contributed by atoms with E-state index in [-0.39, 0.29) is 22.6 Å². The molecule has 1 aromatic rings. The second-order valence-corrected chi connectivity index (χ2v) is 4.52. The van der Waals surface area contributed by atoms with Gasteiger partial charge in [-0.05, 0) is 39.9 Å². The molecule has 0 atom stereocenters. The largest absolute Gasteiger partial charge is 0.573 e. The van der Waals surface area contributed by atoms with E-state index in [2.05, 4.69) is 38.6 Å². The maximum absolute atomic E-state index is 12.0. The fourth-order valence-electron chi connectivity index (χ4n) is 1.11. The zero-order chi connectivity index (χ0) is 13.8. The van der Waals surface area contributed by atoms with Gasteiger partial charge in [0.2, 0.25) is 5.91 Å². The van der Waals surface area contributed by atoms with Gasteiger partial charge in [-0.1, -0.05) is 0 Å². The summed E-state index contributed by atoms with van der Waals surface area (Å²) in [4.78, 5) is 11.3. The standard InChI is InChI=1S/C10H9BrF3NO2S/c11-7-5-6(15-9(16)3-4-18)1-2-8(7)17-10(12,13)14/h1-2,5,18H,3-4H2,(H,15,16). The summed E-state index contributed by atoms with van der Waals surface area (Å²) in [5.74, 6) is -0.237. The molecule has 1 aromatic carbocycles. The first kappa shape index (κ1) is 15.2. The summed E-state index contributed by atoms with van der Waals surface area (Å²) in [5, 5.41) is 2.52. The molecule has 0 spiro atoms. The number of hydrogen-bond donors (Lipinski definition) is 2. The molecule has 0 aliphatic rings. The van der Waals surface area contributed by atoms with Crippen LogP contribution in [0.25, 0.3) is 0 Å². The molecular weight excluding hydrogens is 335 g/mol. The van der Waals surface area contributed by atoms with Crippen molar-refractivity contribution in [2.24, 2.45) is 0 Å². The molecule has 0 fully saturated rings. The van der Waals surface area contributed by atoms with Crippen LogP contribution < -0.4 is 10.1 Å². The molecule has 1 rings (SSSR count). The average Bonchev–Trinajstić information content (AvgIpc) is 2.21. The Morgan fingerprint density at radius 2 is 2.11 bits per heavy atom. The zero-order valence-corrected chi connectivity index (χ0v) is 11.4. The molecule has 8 heteroatoms. The summed E-state index contributed by atoms with van der Waals surface area (Å²) < 4.78 is 39.9. The minimum absolute atomic E-state index is 0.100. The summed E-state index contributed by atoms with van der Waals surface area (Å²) in [6, 6.07) is 3.77. The lowest BCUT2D eigenvalue weighted by molar-refractivity contribution is -0.274. The van der Waals surface area contributed by atoms with Crippen LogP contribution in [0.1, 0.15) is 6.42 Å². The fourth-order valence-corrected chi connectivity index (χ4v) is 1.77. The number of benzene rings is 1. The summed E-state index contributed by atoms with van der Waals surface area (Å²) >= 11 is 6.83. The van der Waals surface area contributed by atoms with Gasteiger partial charge in [-0.15, -0.1) is 13.2 Å². The molecule has 0 saturated carbocycles. The molecule has 0 heterocycles. The fraction of sp³-hybridized carbons (Fsp3) is 0.300. The molecular formula is C10H9BrF3NO2S. The highest BCUT2D eigenvalue weighted by Gasteiger charge is 2.31. The highest BCUT2D eigenvalue weighted by atomic mass is 79.9. The lowest BCUT2D eigenvalue weighted by atomic mass is 10.3. The van der Waals surface area contributed by atoms with Gasteiger partial charge in [0.1, 0.15) is 5.75 Å². The van der Waals surface area contributed by atoms with E-state index < -0.39 is 6.36 Å². The van der Waals surface area contributed by atoms with Crippen molar-refractivity contribution in [3.63, 3.8) is 0 Å². The van der Waals surface area contributed by atoms with E-state index in [1.165, 1.54) is 12.1 Å². The molecule has 0 unspecified atom stereocenters. The molecule has 0 saturated heterocycles. The Bertz CT molecular complexity index is 440. The van der Waals surface area contributed by atoms with E-state index in [4.69, 9.17) is 0 Å². The molecule has 0 aromatic heterocycles. The number of rotatable bonds is 4. The zero-order valence-electron chi connectivity index (χ0n) is 8.92. The molecule has 1 N–H and O–H groups in total. The van der Waals surface area contributed by atoms with Crippen molar-refractivity contribution in [3.8, 4) is 5.75 Å². The number of thiol groups is 1. The molecule has 100 valence electrons. The number of hydrogen-bond acceptors (Lipinski definition) is 3. The number of amides is 1. The van der Waals surface area contributed by atoms with Crippen LogP contribution in [0, 0.1) is 0 Å². The Labute approximate surface area is 115 Å². The van der Waals surface area contributed by atoms with Crippen molar-refractivity contribution in [2.45, 2.75) is 12.8 Å². The van der Waals surface area contributed by atoms with E-state index in [9.17, 15) is 18.0 Å². The smallest absolute Gasteiger partial charge is 0.405 e. The Balaban J connectivity index is 2.76. The van der Waals surface area contributed by atoms with Gasteiger partial charge >= 0.3 is 6.36 Å². The van der Waals surface area contributed by atoms with E-state index in [1.807, 2.05) is 0 Å². The van der Waals surface area contributed by atoms with E-state index in [0.717, 1.165) is 6.07 Å². The van der Waals surface area contributed by atoms with Crippen LogP contribution in [0.15, 0.2) is 22.7 Å². The molecule has 0 radical (unpaired) electrons. The van der Waals surface area contributed by atoms with Crippen molar-refractivity contribution in [2.75, 3.05) is 11.1 Å². The lowest BCUT2D eigenvalue weighted by Gasteiger charge is -2.12. The third-order valence-corrected chi connectivity index (χ3v) is 2.62. The minimum atomic E-state index is -4.75. The second-order valence-electron chi connectivity index (χ2n) is 3.21. The quantitative estimate of drug-likeness (QED) is 0.819. The number of ether oxygens (including phenoxy) is 1. The number of nitrogens with one attached hydrogen (secondary N) is 1. The van der Waals surface area contributed by atoms with Gasteiger partial charge in [0.05, 0.1) is 4.47 Å². The summed E-state index contributed by atoms with van der Waals surface area (Å²) in [6.45, 7) is 0. The first-order valence-corrected chi connectivity index (χ1v) is 6.20. The van der Waals surface area contributed by atoms with Gasteiger partial charge in [-0.25, -0.2) is 0 Å². The van der Waals surface area contributed by atoms with E-state index in [0.29, 0.717) is 11.4 Å². The number of anilines is 1. The molecule has 3 nitrogen and oxygen atoms in total. The Morgan fingerprint density at radius 1 is 1.44 bits per heavy atom. The minimum Gasteiger partial charge on any atom is -0.405 e.